The van der Waals surface area contributed by atoms with Crippen LogP contribution in [0.1, 0.15) is 40.6 Å². The Morgan fingerprint density at radius 1 is 1.10 bits per heavy atom. The number of aromatic nitrogens is 6. The molecule has 4 heterocycles. The molecule has 1 N–H and O–H groups in total. The first kappa shape index (κ1) is 17.5. The molecule has 8 heteroatoms. The standard InChI is InChI=1S/C21H21N7O/c29-21(15-6-7-18-19(12-15)25-26-24-18)28-10-3-4-16(13-28)20-23-9-11-27(20)14-17-5-1-2-8-22-17/h1-2,5-9,11-12,16H,3-4,10,13-14H2,(H,24,25,26)/t16-/m0/s1. The number of carbonyl (C=O) groups excluding carboxylic acids is 1. The Balaban J connectivity index is 1.34. The van der Waals surface area contributed by atoms with Crippen LogP contribution in [0.15, 0.2) is 55.0 Å². The zero-order valence-corrected chi connectivity index (χ0v) is 15.9. The van der Waals surface area contributed by atoms with Gasteiger partial charge in [0.25, 0.3) is 5.91 Å². The van der Waals surface area contributed by atoms with E-state index in [0.717, 1.165) is 36.4 Å². The van der Waals surface area contributed by atoms with E-state index in [1.807, 2.05) is 47.6 Å². The first-order valence-electron chi connectivity index (χ1n) is 9.79. The van der Waals surface area contributed by atoms with E-state index in [1.54, 1.807) is 12.3 Å². The van der Waals surface area contributed by atoms with Crippen LogP contribution in [0.25, 0.3) is 11.0 Å². The van der Waals surface area contributed by atoms with Crippen molar-refractivity contribution in [2.75, 3.05) is 13.1 Å². The second kappa shape index (κ2) is 7.46. The van der Waals surface area contributed by atoms with Crippen molar-refractivity contribution in [3.63, 3.8) is 0 Å². The number of benzene rings is 1. The highest BCUT2D eigenvalue weighted by Crippen LogP contribution is 2.27. The maximum Gasteiger partial charge on any atom is 0.253 e. The molecule has 0 radical (unpaired) electrons. The molecule has 0 saturated carbocycles. The highest BCUT2D eigenvalue weighted by atomic mass is 16.2. The van der Waals surface area contributed by atoms with E-state index < -0.39 is 0 Å². The van der Waals surface area contributed by atoms with Crippen molar-refractivity contribution in [1.82, 2.24) is 34.8 Å². The summed E-state index contributed by atoms with van der Waals surface area (Å²) in [6.07, 6.45) is 7.60. The highest BCUT2D eigenvalue weighted by molar-refractivity contribution is 5.97. The Labute approximate surface area is 167 Å². The van der Waals surface area contributed by atoms with E-state index in [2.05, 4.69) is 29.9 Å². The predicted molar refractivity (Wildman–Crippen MR) is 107 cm³/mol. The number of imidazole rings is 1. The number of nitrogens with one attached hydrogen (secondary N) is 1. The Hall–Kier alpha value is -3.55. The molecule has 3 aromatic heterocycles. The summed E-state index contributed by atoms with van der Waals surface area (Å²) in [5.41, 5.74) is 3.10. The van der Waals surface area contributed by atoms with Crippen LogP contribution in [0.3, 0.4) is 0 Å². The Morgan fingerprint density at radius 2 is 2.03 bits per heavy atom. The largest absolute Gasteiger partial charge is 0.338 e. The van der Waals surface area contributed by atoms with Crippen molar-refractivity contribution >= 4 is 16.9 Å². The summed E-state index contributed by atoms with van der Waals surface area (Å²) < 4.78 is 2.14. The third-order valence-electron chi connectivity index (χ3n) is 5.44. The van der Waals surface area contributed by atoms with Gasteiger partial charge in [0.05, 0.1) is 12.2 Å². The van der Waals surface area contributed by atoms with Gasteiger partial charge < -0.3 is 9.47 Å². The third kappa shape index (κ3) is 3.49. The average molecular weight is 387 g/mol. The van der Waals surface area contributed by atoms with E-state index in [0.29, 0.717) is 24.2 Å². The number of nitrogens with zero attached hydrogens (tertiary/aromatic N) is 6. The van der Waals surface area contributed by atoms with Gasteiger partial charge in [-0.3, -0.25) is 9.78 Å². The van der Waals surface area contributed by atoms with Gasteiger partial charge in [-0.25, -0.2) is 4.98 Å². The van der Waals surface area contributed by atoms with Gasteiger partial charge in [0.1, 0.15) is 16.9 Å². The quantitative estimate of drug-likeness (QED) is 0.581. The second-order valence-electron chi connectivity index (χ2n) is 7.35. The van der Waals surface area contributed by atoms with Gasteiger partial charge in [0.2, 0.25) is 0 Å². The normalized spacial score (nSPS) is 17.0. The molecule has 0 bridgehead atoms. The molecule has 0 spiro atoms. The molecular weight excluding hydrogens is 366 g/mol. The smallest absolute Gasteiger partial charge is 0.253 e. The van der Waals surface area contributed by atoms with E-state index in [4.69, 9.17) is 0 Å². The van der Waals surface area contributed by atoms with Crippen LogP contribution < -0.4 is 0 Å². The van der Waals surface area contributed by atoms with Crippen molar-refractivity contribution < 1.29 is 4.79 Å². The van der Waals surface area contributed by atoms with Crippen LogP contribution >= 0.6 is 0 Å². The van der Waals surface area contributed by atoms with Crippen molar-refractivity contribution in [2.24, 2.45) is 0 Å². The van der Waals surface area contributed by atoms with Crippen LogP contribution in [0, 0.1) is 0 Å². The minimum Gasteiger partial charge on any atom is -0.338 e. The fraction of sp³-hybridized carbons (Fsp3) is 0.286. The van der Waals surface area contributed by atoms with Gasteiger partial charge in [0.15, 0.2) is 0 Å². The summed E-state index contributed by atoms with van der Waals surface area (Å²) in [7, 11) is 0. The average Bonchev–Trinajstić information content (AvgIpc) is 3.43. The number of piperidine rings is 1. The predicted octanol–water partition coefficient (Wildman–Crippen LogP) is 2.62. The van der Waals surface area contributed by atoms with E-state index >= 15 is 0 Å². The van der Waals surface area contributed by atoms with Gasteiger partial charge in [0, 0.05) is 43.2 Å². The molecule has 0 unspecified atom stereocenters. The number of rotatable bonds is 4. The van der Waals surface area contributed by atoms with Crippen LogP contribution in [-0.4, -0.2) is 53.8 Å². The zero-order valence-electron chi connectivity index (χ0n) is 15.9. The van der Waals surface area contributed by atoms with Crippen LogP contribution in [0.2, 0.25) is 0 Å². The summed E-state index contributed by atoms with van der Waals surface area (Å²) >= 11 is 0. The number of likely N-dealkylation sites (tertiary alicyclic amines) is 1. The van der Waals surface area contributed by atoms with Crippen molar-refractivity contribution in [3.8, 4) is 0 Å². The van der Waals surface area contributed by atoms with E-state index in [9.17, 15) is 4.79 Å². The number of hydrogen-bond donors (Lipinski definition) is 1. The lowest BCUT2D eigenvalue weighted by molar-refractivity contribution is 0.0703. The lowest BCUT2D eigenvalue weighted by Crippen LogP contribution is -2.39. The highest BCUT2D eigenvalue weighted by Gasteiger charge is 2.28. The summed E-state index contributed by atoms with van der Waals surface area (Å²) in [4.78, 5) is 24.0. The fourth-order valence-corrected chi connectivity index (χ4v) is 4.01. The summed E-state index contributed by atoms with van der Waals surface area (Å²) in [5.74, 6) is 1.25. The maximum atomic E-state index is 13.1. The van der Waals surface area contributed by atoms with Gasteiger partial charge in [-0.2, -0.15) is 15.4 Å². The molecule has 1 aliphatic rings. The maximum absolute atomic E-state index is 13.1. The van der Waals surface area contributed by atoms with E-state index in [-0.39, 0.29) is 11.8 Å². The zero-order chi connectivity index (χ0) is 19.6. The molecule has 29 heavy (non-hydrogen) atoms. The minimum absolute atomic E-state index is 0.0300. The van der Waals surface area contributed by atoms with Gasteiger partial charge in [-0.05, 0) is 43.2 Å². The number of hydrogen-bond acceptors (Lipinski definition) is 5. The molecule has 1 amide bonds. The number of H-pyrrole nitrogens is 1. The Kier molecular flexibility index (Phi) is 4.51. The fourth-order valence-electron chi connectivity index (χ4n) is 4.01. The van der Waals surface area contributed by atoms with Crippen molar-refractivity contribution in [1.29, 1.82) is 0 Å². The molecule has 1 saturated heterocycles. The van der Waals surface area contributed by atoms with Crippen LogP contribution in [-0.2, 0) is 6.54 Å². The molecule has 8 nitrogen and oxygen atoms in total. The van der Waals surface area contributed by atoms with E-state index in [1.165, 1.54) is 0 Å². The Bertz CT molecular complexity index is 1130. The molecule has 146 valence electrons. The molecule has 1 atom stereocenters. The summed E-state index contributed by atoms with van der Waals surface area (Å²) in [6, 6.07) is 11.4. The lowest BCUT2D eigenvalue weighted by atomic mass is 9.96. The molecule has 1 fully saturated rings. The second-order valence-corrected chi connectivity index (χ2v) is 7.35. The number of aromatic amines is 1. The third-order valence-corrected chi connectivity index (χ3v) is 5.44. The molecular formula is C21H21N7O. The SMILES string of the molecule is O=C(c1ccc2n[nH]nc2c1)N1CCC[C@H](c2nccn2Cc2ccccn2)C1. The van der Waals surface area contributed by atoms with Gasteiger partial charge in [-0.15, -0.1) is 0 Å². The molecule has 1 aromatic carbocycles. The topological polar surface area (TPSA) is 92.6 Å². The first-order valence-corrected chi connectivity index (χ1v) is 9.79. The molecule has 4 aromatic rings. The van der Waals surface area contributed by atoms with Crippen LogP contribution in [0.4, 0.5) is 0 Å². The number of pyridine rings is 1. The molecule has 5 rings (SSSR count). The minimum atomic E-state index is 0.0300. The summed E-state index contributed by atoms with van der Waals surface area (Å²) in [6.45, 7) is 2.10. The Morgan fingerprint density at radius 3 is 2.93 bits per heavy atom. The summed E-state index contributed by atoms with van der Waals surface area (Å²) in [5, 5.41) is 10.7. The van der Waals surface area contributed by atoms with Crippen LogP contribution in [0.5, 0.6) is 0 Å². The number of carbonyl (C=O) groups is 1. The number of amides is 1. The first-order chi connectivity index (χ1) is 14.3. The molecule has 1 aliphatic heterocycles. The molecule has 0 aliphatic carbocycles. The van der Waals surface area contributed by atoms with Gasteiger partial charge in [-0.1, -0.05) is 6.07 Å². The van der Waals surface area contributed by atoms with Crippen molar-refractivity contribution in [3.05, 3.63) is 72.1 Å². The van der Waals surface area contributed by atoms with Crippen molar-refractivity contribution in [2.45, 2.75) is 25.3 Å². The monoisotopic (exact) mass is 387 g/mol. The van der Waals surface area contributed by atoms with Gasteiger partial charge >= 0.3 is 0 Å². The number of fused-ring (bicyclic) bond motifs is 1. The lowest BCUT2D eigenvalue weighted by Gasteiger charge is -2.32.